The average molecular weight is 535 g/mol. The van der Waals surface area contributed by atoms with Crippen molar-refractivity contribution in [1.29, 1.82) is 5.26 Å². The number of nitrogens with one attached hydrogen (secondary N) is 1. The van der Waals surface area contributed by atoms with E-state index in [1.54, 1.807) is 0 Å². The topological polar surface area (TPSA) is 97.0 Å². The van der Waals surface area contributed by atoms with Crippen LogP contribution in [0, 0.1) is 17.2 Å². The van der Waals surface area contributed by atoms with Gasteiger partial charge in [0.25, 0.3) is 0 Å². The van der Waals surface area contributed by atoms with Gasteiger partial charge in [-0.3, -0.25) is 9.59 Å². The molecule has 0 aliphatic heterocycles. The van der Waals surface area contributed by atoms with Crippen LogP contribution in [-0.4, -0.2) is 34.3 Å². The zero-order valence-corrected chi connectivity index (χ0v) is 18.6. The Balaban J connectivity index is 2.77. The van der Waals surface area contributed by atoms with Crippen LogP contribution in [0.15, 0.2) is 17.0 Å². The van der Waals surface area contributed by atoms with Crippen LogP contribution in [0.5, 0.6) is 0 Å². The van der Waals surface area contributed by atoms with Gasteiger partial charge in [0.05, 0.1) is 27.6 Å². The second-order valence-corrected chi connectivity index (χ2v) is 8.01. The van der Waals surface area contributed by atoms with Gasteiger partial charge in [0.2, 0.25) is 5.91 Å². The largest absolute Gasteiger partial charge is 0.468 e. The molecule has 33 heavy (non-hydrogen) atoms. The van der Waals surface area contributed by atoms with Crippen molar-refractivity contribution in [2.24, 2.45) is 5.92 Å². The number of benzene rings is 1. The molecule has 16 heteroatoms. The molecule has 0 saturated carbocycles. The van der Waals surface area contributed by atoms with Crippen LogP contribution in [0.25, 0.3) is 5.69 Å². The monoisotopic (exact) mass is 534 g/mol. The number of aromatic nitrogens is 2. The first kappa shape index (κ1) is 26.6. The number of anilines is 1. The molecule has 1 unspecified atom stereocenters. The minimum atomic E-state index is -4.96. The van der Waals surface area contributed by atoms with Crippen LogP contribution >= 0.6 is 35.0 Å². The van der Waals surface area contributed by atoms with Crippen LogP contribution < -0.4 is 5.32 Å². The summed E-state index contributed by atoms with van der Waals surface area (Å²) in [5, 5.41) is 13.5. The summed E-state index contributed by atoms with van der Waals surface area (Å²) >= 11 is 11.0. The normalized spacial score (nSPS) is 12.8. The molecule has 2 aromatic rings. The third-order valence-corrected chi connectivity index (χ3v) is 5.31. The van der Waals surface area contributed by atoms with Gasteiger partial charge in [-0.15, -0.1) is 0 Å². The Morgan fingerprint density at radius 3 is 2.18 bits per heavy atom. The van der Waals surface area contributed by atoms with Crippen molar-refractivity contribution in [1.82, 2.24) is 9.78 Å². The maximum Gasteiger partial charge on any atom is 0.446 e. The molecule has 7 nitrogen and oxygen atoms in total. The molecule has 0 saturated heterocycles. The Labute approximate surface area is 195 Å². The van der Waals surface area contributed by atoms with E-state index in [0.717, 1.165) is 14.0 Å². The van der Waals surface area contributed by atoms with Crippen molar-refractivity contribution in [3.8, 4) is 11.8 Å². The van der Waals surface area contributed by atoms with E-state index in [-0.39, 0.29) is 0 Å². The smallest absolute Gasteiger partial charge is 0.446 e. The number of alkyl halides is 6. The zero-order valence-electron chi connectivity index (χ0n) is 16.2. The highest BCUT2D eigenvalue weighted by Crippen LogP contribution is 2.45. The highest BCUT2D eigenvalue weighted by Gasteiger charge is 2.37. The zero-order chi connectivity index (χ0) is 25.3. The second kappa shape index (κ2) is 9.70. The SMILES string of the molecule is COC(=O)C(C)C(=O)Nc1c(SC(F)(F)F)c(C#N)nn1-c1c(Cl)cc(C(F)(F)F)cc1Cl. The summed E-state index contributed by atoms with van der Waals surface area (Å²) in [5.41, 5.74) is -7.60. The van der Waals surface area contributed by atoms with Crippen LogP contribution in [0.2, 0.25) is 10.0 Å². The fourth-order valence-corrected chi connectivity index (χ4v) is 3.70. The van der Waals surface area contributed by atoms with Gasteiger partial charge in [-0.1, -0.05) is 23.2 Å². The third kappa shape index (κ3) is 6.04. The maximum absolute atomic E-state index is 13.1. The molecule has 2 rings (SSSR count). The van der Waals surface area contributed by atoms with E-state index in [9.17, 15) is 41.2 Å². The Morgan fingerprint density at radius 2 is 1.76 bits per heavy atom. The molecule has 178 valence electrons. The molecule has 0 aliphatic carbocycles. The van der Waals surface area contributed by atoms with Gasteiger partial charge >= 0.3 is 17.7 Å². The van der Waals surface area contributed by atoms with Gasteiger partial charge in [-0.2, -0.15) is 36.7 Å². The quantitative estimate of drug-likeness (QED) is 0.238. The summed E-state index contributed by atoms with van der Waals surface area (Å²) in [5.74, 6) is -4.49. The summed E-state index contributed by atoms with van der Waals surface area (Å²) in [7, 11) is 0.969. The van der Waals surface area contributed by atoms with E-state index in [1.807, 2.05) is 5.32 Å². The molecule has 0 aliphatic rings. The van der Waals surface area contributed by atoms with Gasteiger partial charge in [-0.05, 0) is 30.8 Å². The number of carbonyl (C=O) groups is 2. The summed E-state index contributed by atoms with van der Waals surface area (Å²) < 4.78 is 83.3. The number of esters is 1. The number of nitrogens with zero attached hydrogens (tertiary/aromatic N) is 3. The van der Waals surface area contributed by atoms with Crippen LogP contribution in [0.3, 0.4) is 0 Å². The number of halogens is 8. The fourth-order valence-electron chi connectivity index (χ4n) is 2.40. The third-order valence-electron chi connectivity index (χ3n) is 3.91. The van der Waals surface area contributed by atoms with Crippen LogP contribution in [-0.2, 0) is 20.5 Å². The summed E-state index contributed by atoms with van der Waals surface area (Å²) in [4.78, 5) is 23.1. The van der Waals surface area contributed by atoms with Crippen molar-refractivity contribution in [3.63, 3.8) is 0 Å². The molecule has 0 fully saturated rings. The summed E-state index contributed by atoms with van der Waals surface area (Å²) in [6, 6.07) is 2.28. The number of carbonyl (C=O) groups excluding carboxylic acids is 2. The van der Waals surface area contributed by atoms with Crippen LogP contribution in [0.4, 0.5) is 32.2 Å². The maximum atomic E-state index is 13.1. The van der Waals surface area contributed by atoms with Crippen molar-refractivity contribution in [2.75, 3.05) is 12.4 Å². The molecule has 1 amide bonds. The molecule has 0 spiro atoms. The highest BCUT2D eigenvalue weighted by atomic mass is 35.5. The van der Waals surface area contributed by atoms with Crippen molar-refractivity contribution in [3.05, 3.63) is 33.4 Å². The van der Waals surface area contributed by atoms with Crippen molar-refractivity contribution in [2.45, 2.75) is 23.5 Å². The summed E-state index contributed by atoms with van der Waals surface area (Å²) in [6.07, 6.45) is -4.85. The predicted octanol–water partition coefficient (Wildman–Crippen LogP) is 5.43. The van der Waals surface area contributed by atoms with E-state index < -0.39 is 78.9 Å². The lowest BCUT2D eigenvalue weighted by molar-refractivity contribution is -0.148. The van der Waals surface area contributed by atoms with Crippen molar-refractivity contribution >= 4 is 52.7 Å². The highest BCUT2D eigenvalue weighted by molar-refractivity contribution is 8.00. The number of hydrogen-bond donors (Lipinski definition) is 1. The van der Waals surface area contributed by atoms with Crippen LogP contribution in [0.1, 0.15) is 18.2 Å². The van der Waals surface area contributed by atoms with E-state index in [0.29, 0.717) is 16.8 Å². The molecule has 0 bridgehead atoms. The van der Waals surface area contributed by atoms with Gasteiger partial charge in [-0.25, -0.2) is 4.68 Å². The van der Waals surface area contributed by atoms with Gasteiger partial charge < -0.3 is 10.1 Å². The lowest BCUT2D eigenvalue weighted by atomic mass is 10.1. The lowest BCUT2D eigenvalue weighted by Crippen LogP contribution is -2.29. The van der Waals surface area contributed by atoms with E-state index >= 15 is 0 Å². The number of amides is 1. The Hall–Kier alpha value is -2.63. The number of methoxy groups -OCH3 is 1. The van der Waals surface area contributed by atoms with Gasteiger partial charge in [0.15, 0.2) is 11.5 Å². The van der Waals surface area contributed by atoms with E-state index in [2.05, 4.69) is 9.84 Å². The first-order valence-corrected chi connectivity index (χ1v) is 9.92. The number of hydrogen-bond acceptors (Lipinski definition) is 6. The number of rotatable bonds is 5. The van der Waals surface area contributed by atoms with Crippen molar-refractivity contribution < 1.29 is 40.7 Å². The Kier molecular flexibility index (Phi) is 7.82. The first-order chi connectivity index (χ1) is 15.1. The van der Waals surface area contributed by atoms with Gasteiger partial charge in [0.1, 0.15) is 17.7 Å². The predicted molar refractivity (Wildman–Crippen MR) is 105 cm³/mol. The van der Waals surface area contributed by atoms with Gasteiger partial charge in [0, 0.05) is 0 Å². The minimum Gasteiger partial charge on any atom is -0.468 e. The summed E-state index contributed by atoms with van der Waals surface area (Å²) in [6.45, 7) is 1.09. The number of thioether (sulfide) groups is 1. The number of ether oxygens (including phenoxy) is 1. The lowest BCUT2D eigenvalue weighted by Gasteiger charge is -2.17. The van der Waals surface area contributed by atoms with E-state index in [1.165, 1.54) is 6.07 Å². The molecule has 1 heterocycles. The first-order valence-electron chi connectivity index (χ1n) is 8.34. The Morgan fingerprint density at radius 1 is 1.21 bits per heavy atom. The average Bonchev–Trinajstić information content (AvgIpc) is 3.00. The molecule has 1 aromatic carbocycles. The standard InChI is InChI=1S/C17H10Cl2F6N4O3S/c1-6(15(31)32-2)14(30)27-13-12(33-17(23,24)25)10(5-26)28-29(13)11-8(18)3-7(4-9(11)19)16(20,21)22/h3-4,6H,1-2H3,(H,27,30). The molecule has 1 atom stereocenters. The number of nitriles is 1. The second-order valence-electron chi connectivity index (χ2n) is 6.12. The minimum absolute atomic E-state index is 0.440. The molecular weight excluding hydrogens is 525 g/mol. The van der Waals surface area contributed by atoms with E-state index in [4.69, 9.17) is 23.2 Å². The molecular formula is C17H10Cl2F6N4O3S. The molecule has 0 radical (unpaired) electrons. The molecule has 1 aromatic heterocycles. The fraction of sp³-hybridized carbons (Fsp3) is 0.294. The molecule has 1 N–H and O–H groups in total. The Bertz CT molecular complexity index is 1120.